The van der Waals surface area contributed by atoms with Crippen molar-refractivity contribution in [3.05, 3.63) is 62.2 Å². The maximum atomic E-state index is 5.85. The van der Waals surface area contributed by atoms with Crippen molar-refractivity contribution < 1.29 is 0 Å². The molecule has 17 heavy (non-hydrogen) atoms. The molecule has 0 aliphatic heterocycles. The molecule has 1 nitrogen and oxygen atoms in total. The van der Waals surface area contributed by atoms with Crippen LogP contribution in [-0.2, 0) is 6.54 Å². The van der Waals surface area contributed by atoms with E-state index in [1.807, 2.05) is 24.3 Å². The minimum atomic E-state index is 0.777. The molecule has 0 aromatic heterocycles. The SMILES string of the molecule is Cc1ccc(NCc2ccc(Cl)cc2)cc1I. The summed E-state index contributed by atoms with van der Waals surface area (Å²) in [4.78, 5) is 0. The van der Waals surface area contributed by atoms with Crippen molar-refractivity contribution in [3.63, 3.8) is 0 Å². The standard InChI is InChI=1S/C14H13ClIN/c1-10-2-7-13(8-14(10)16)17-9-11-3-5-12(15)6-4-11/h2-8,17H,9H2,1H3. The average Bonchev–Trinajstić information content (AvgIpc) is 2.33. The molecule has 2 aromatic rings. The Balaban J connectivity index is 2.02. The first-order valence-electron chi connectivity index (χ1n) is 5.39. The summed E-state index contributed by atoms with van der Waals surface area (Å²) in [6.07, 6.45) is 0. The molecule has 2 rings (SSSR count). The monoisotopic (exact) mass is 357 g/mol. The van der Waals surface area contributed by atoms with Gasteiger partial charge in [-0.05, 0) is 64.9 Å². The number of benzene rings is 2. The highest BCUT2D eigenvalue weighted by Crippen LogP contribution is 2.18. The molecule has 0 aliphatic rings. The lowest BCUT2D eigenvalue weighted by atomic mass is 10.2. The third-order valence-corrected chi connectivity index (χ3v) is 4.00. The molecule has 0 unspecified atom stereocenters. The number of hydrogen-bond donors (Lipinski definition) is 1. The summed E-state index contributed by atoms with van der Waals surface area (Å²) in [6.45, 7) is 2.93. The molecule has 88 valence electrons. The summed E-state index contributed by atoms with van der Waals surface area (Å²) in [5.41, 5.74) is 3.68. The van der Waals surface area contributed by atoms with Gasteiger partial charge in [0.25, 0.3) is 0 Å². The smallest absolute Gasteiger partial charge is 0.0406 e. The predicted molar refractivity (Wildman–Crippen MR) is 82.7 cm³/mol. The van der Waals surface area contributed by atoms with Gasteiger partial charge in [0, 0.05) is 20.8 Å². The highest BCUT2D eigenvalue weighted by molar-refractivity contribution is 14.1. The van der Waals surface area contributed by atoms with Crippen LogP contribution in [0.5, 0.6) is 0 Å². The Hall–Kier alpha value is -0.740. The van der Waals surface area contributed by atoms with Crippen LogP contribution in [-0.4, -0.2) is 0 Å². The molecule has 0 spiro atoms. The van der Waals surface area contributed by atoms with E-state index in [0.717, 1.165) is 17.3 Å². The van der Waals surface area contributed by atoms with Gasteiger partial charge in [-0.3, -0.25) is 0 Å². The molecule has 1 N–H and O–H groups in total. The number of aryl methyl sites for hydroxylation is 1. The summed E-state index contributed by atoms with van der Waals surface area (Å²) in [5, 5.41) is 4.18. The highest BCUT2D eigenvalue weighted by atomic mass is 127. The van der Waals surface area contributed by atoms with Gasteiger partial charge >= 0.3 is 0 Å². The van der Waals surface area contributed by atoms with Crippen molar-refractivity contribution in [1.82, 2.24) is 0 Å². The summed E-state index contributed by atoms with van der Waals surface area (Å²) >= 11 is 8.20. The second-order valence-electron chi connectivity index (χ2n) is 3.94. The minimum absolute atomic E-state index is 0.777. The van der Waals surface area contributed by atoms with Gasteiger partial charge < -0.3 is 5.32 Å². The molecule has 0 radical (unpaired) electrons. The van der Waals surface area contributed by atoms with E-state index in [-0.39, 0.29) is 0 Å². The van der Waals surface area contributed by atoms with Crippen LogP contribution in [0.15, 0.2) is 42.5 Å². The zero-order valence-electron chi connectivity index (χ0n) is 9.50. The number of anilines is 1. The van der Waals surface area contributed by atoms with E-state index in [4.69, 9.17) is 11.6 Å². The topological polar surface area (TPSA) is 12.0 Å². The van der Waals surface area contributed by atoms with Crippen LogP contribution in [0.1, 0.15) is 11.1 Å². The summed E-state index contributed by atoms with van der Waals surface area (Å²) in [6, 6.07) is 14.3. The zero-order valence-corrected chi connectivity index (χ0v) is 12.4. The number of halogens is 2. The van der Waals surface area contributed by atoms with Crippen molar-refractivity contribution in [3.8, 4) is 0 Å². The van der Waals surface area contributed by atoms with Gasteiger partial charge in [-0.25, -0.2) is 0 Å². The van der Waals surface area contributed by atoms with Crippen LogP contribution in [0.3, 0.4) is 0 Å². The van der Waals surface area contributed by atoms with Gasteiger partial charge in [0.15, 0.2) is 0 Å². The van der Waals surface area contributed by atoms with Gasteiger partial charge in [0.05, 0.1) is 0 Å². The number of rotatable bonds is 3. The van der Waals surface area contributed by atoms with Crippen LogP contribution < -0.4 is 5.32 Å². The Bertz CT molecular complexity index is 508. The van der Waals surface area contributed by atoms with Crippen molar-refractivity contribution in [2.75, 3.05) is 5.32 Å². The maximum absolute atomic E-state index is 5.85. The first-order valence-corrected chi connectivity index (χ1v) is 6.85. The lowest BCUT2D eigenvalue weighted by Gasteiger charge is -2.08. The number of hydrogen-bond acceptors (Lipinski definition) is 1. The molecule has 0 saturated carbocycles. The largest absolute Gasteiger partial charge is 0.381 e. The Kier molecular flexibility index (Phi) is 4.29. The highest BCUT2D eigenvalue weighted by Gasteiger charge is 1.98. The fourth-order valence-electron chi connectivity index (χ4n) is 1.51. The minimum Gasteiger partial charge on any atom is -0.381 e. The number of nitrogens with one attached hydrogen (secondary N) is 1. The molecule has 0 amide bonds. The van der Waals surface area contributed by atoms with Crippen LogP contribution in [0.4, 0.5) is 5.69 Å². The van der Waals surface area contributed by atoms with Crippen molar-refractivity contribution >= 4 is 39.9 Å². The quantitative estimate of drug-likeness (QED) is 0.773. The van der Waals surface area contributed by atoms with E-state index in [1.165, 1.54) is 14.7 Å². The molecule has 3 heteroatoms. The molecule has 0 saturated heterocycles. The van der Waals surface area contributed by atoms with Crippen LogP contribution in [0.25, 0.3) is 0 Å². The Labute approximate surface area is 120 Å². The van der Waals surface area contributed by atoms with E-state index in [9.17, 15) is 0 Å². The Morgan fingerprint density at radius 2 is 1.82 bits per heavy atom. The molecule has 0 bridgehead atoms. The normalized spacial score (nSPS) is 10.3. The maximum Gasteiger partial charge on any atom is 0.0406 e. The van der Waals surface area contributed by atoms with Crippen molar-refractivity contribution in [2.24, 2.45) is 0 Å². The molecular weight excluding hydrogens is 345 g/mol. The van der Waals surface area contributed by atoms with Gasteiger partial charge in [0.2, 0.25) is 0 Å². The predicted octanol–water partition coefficient (Wildman–Crippen LogP) is 4.87. The van der Waals surface area contributed by atoms with Crippen molar-refractivity contribution in [1.29, 1.82) is 0 Å². The Morgan fingerprint density at radius 3 is 2.47 bits per heavy atom. The Morgan fingerprint density at radius 1 is 1.12 bits per heavy atom. The van der Waals surface area contributed by atoms with E-state index < -0.39 is 0 Å². The summed E-state index contributed by atoms with van der Waals surface area (Å²) < 4.78 is 1.28. The van der Waals surface area contributed by atoms with Gasteiger partial charge in [-0.15, -0.1) is 0 Å². The zero-order chi connectivity index (χ0) is 12.3. The second-order valence-corrected chi connectivity index (χ2v) is 5.54. The van der Waals surface area contributed by atoms with E-state index in [1.54, 1.807) is 0 Å². The summed E-state index contributed by atoms with van der Waals surface area (Å²) in [5.74, 6) is 0. The summed E-state index contributed by atoms with van der Waals surface area (Å²) in [7, 11) is 0. The van der Waals surface area contributed by atoms with Crippen LogP contribution >= 0.6 is 34.2 Å². The first-order chi connectivity index (χ1) is 8.15. The first kappa shape index (κ1) is 12.7. The molecule has 0 fully saturated rings. The second kappa shape index (κ2) is 5.74. The van der Waals surface area contributed by atoms with Gasteiger partial charge in [-0.1, -0.05) is 29.8 Å². The average molecular weight is 358 g/mol. The van der Waals surface area contributed by atoms with Crippen molar-refractivity contribution in [2.45, 2.75) is 13.5 Å². The molecule has 0 aliphatic carbocycles. The van der Waals surface area contributed by atoms with E-state index >= 15 is 0 Å². The molecule has 0 heterocycles. The fraction of sp³-hybridized carbons (Fsp3) is 0.143. The van der Waals surface area contributed by atoms with E-state index in [2.05, 4.69) is 53.0 Å². The lowest BCUT2D eigenvalue weighted by Crippen LogP contribution is -1.99. The van der Waals surface area contributed by atoms with Crippen LogP contribution in [0.2, 0.25) is 5.02 Å². The third kappa shape index (κ3) is 3.61. The van der Waals surface area contributed by atoms with Gasteiger partial charge in [-0.2, -0.15) is 0 Å². The van der Waals surface area contributed by atoms with E-state index in [0.29, 0.717) is 0 Å². The molecule has 0 atom stereocenters. The lowest BCUT2D eigenvalue weighted by molar-refractivity contribution is 1.15. The third-order valence-electron chi connectivity index (χ3n) is 2.58. The fourth-order valence-corrected chi connectivity index (χ4v) is 2.15. The van der Waals surface area contributed by atoms with Crippen LogP contribution in [0, 0.1) is 10.5 Å². The molecular formula is C14H13ClIN. The molecule has 2 aromatic carbocycles. The van der Waals surface area contributed by atoms with Gasteiger partial charge in [0.1, 0.15) is 0 Å².